The molecular formula is C22H38O4. The highest BCUT2D eigenvalue weighted by Crippen LogP contribution is 2.45. The molecule has 0 aromatic rings. The largest absolute Gasteiger partial charge is 0.481 e. The molecule has 2 aliphatic heterocycles. The van der Waals surface area contributed by atoms with E-state index in [9.17, 15) is 9.90 Å². The summed E-state index contributed by atoms with van der Waals surface area (Å²) in [6.45, 7) is 7.52. The van der Waals surface area contributed by atoms with Crippen LogP contribution in [0.2, 0.25) is 0 Å². The van der Waals surface area contributed by atoms with Crippen LogP contribution < -0.4 is 0 Å². The van der Waals surface area contributed by atoms with Gasteiger partial charge in [-0.2, -0.15) is 0 Å². The van der Waals surface area contributed by atoms with E-state index in [4.69, 9.17) is 9.47 Å². The second-order valence-corrected chi connectivity index (χ2v) is 8.69. The highest BCUT2D eigenvalue weighted by molar-refractivity contribution is 5.73. The van der Waals surface area contributed by atoms with Crippen LogP contribution in [0.25, 0.3) is 0 Å². The third kappa shape index (κ3) is 6.09. The lowest BCUT2D eigenvalue weighted by atomic mass is 9.78. The molecule has 0 unspecified atom stereocenters. The summed E-state index contributed by atoms with van der Waals surface area (Å²) in [4.78, 5) is 11.2. The van der Waals surface area contributed by atoms with E-state index in [0.29, 0.717) is 30.5 Å². The Balaban J connectivity index is 1.70. The van der Waals surface area contributed by atoms with Crippen LogP contribution in [0.5, 0.6) is 0 Å². The van der Waals surface area contributed by atoms with Crippen molar-refractivity contribution in [2.45, 2.75) is 90.8 Å². The maximum Gasteiger partial charge on any atom is 0.309 e. The number of hydrogen-bond donors (Lipinski definition) is 1. The Labute approximate surface area is 159 Å². The van der Waals surface area contributed by atoms with E-state index >= 15 is 0 Å². The summed E-state index contributed by atoms with van der Waals surface area (Å²) >= 11 is 0. The van der Waals surface area contributed by atoms with Crippen LogP contribution in [-0.4, -0.2) is 36.5 Å². The molecule has 0 aromatic carbocycles. The molecule has 4 heteroatoms. The minimum Gasteiger partial charge on any atom is -0.481 e. The maximum absolute atomic E-state index is 11.2. The zero-order valence-corrected chi connectivity index (χ0v) is 16.9. The van der Waals surface area contributed by atoms with Gasteiger partial charge in [0.2, 0.25) is 0 Å². The number of carbonyl (C=O) groups is 1. The first-order valence-electron chi connectivity index (χ1n) is 10.6. The number of carboxylic acids is 1. The van der Waals surface area contributed by atoms with Gasteiger partial charge in [-0.25, -0.2) is 0 Å². The lowest BCUT2D eigenvalue weighted by Gasteiger charge is -2.27. The van der Waals surface area contributed by atoms with Crippen molar-refractivity contribution in [1.29, 1.82) is 0 Å². The summed E-state index contributed by atoms with van der Waals surface area (Å²) in [5.74, 6) is 0.372. The first kappa shape index (κ1) is 21.4. The van der Waals surface area contributed by atoms with Crippen molar-refractivity contribution in [3.8, 4) is 0 Å². The average molecular weight is 367 g/mol. The molecule has 4 atom stereocenters. The van der Waals surface area contributed by atoms with Crippen LogP contribution in [-0.2, 0) is 14.3 Å². The lowest BCUT2D eigenvalue weighted by Crippen LogP contribution is -2.30. The van der Waals surface area contributed by atoms with Gasteiger partial charge < -0.3 is 14.6 Å². The van der Waals surface area contributed by atoms with E-state index in [1.54, 1.807) is 13.8 Å². The van der Waals surface area contributed by atoms with Gasteiger partial charge in [-0.3, -0.25) is 4.79 Å². The zero-order chi connectivity index (χ0) is 19.0. The van der Waals surface area contributed by atoms with Crippen molar-refractivity contribution in [3.05, 3.63) is 12.2 Å². The molecule has 150 valence electrons. The molecule has 2 fully saturated rings. The van der Waals surface area contributed by atoms with E-state index in [-0.39, 0.29) is 0 Å². The van der Waals surface area contributed by atoms with E-state index in [1.165, 1.54) is 38.5 Å². The maximum atomic E-state index is 11.2. The molecule has 1 N–H and O–H groups in total. The Kier molecular flexibility index (Phi) is 8.62. The normalized spacial score (nSPS) is 28.3. The Morgan fingerprint density at radius 3 is 2.58 bits per heavy atom. The number of rotatable bonds is 13. The monoisotopic (exact) mass is 366 g/mol. The lowest BCUT2D eigenvalue weighted by molar-refractivity contribution is -0.147. The molecule has 2 heterocycles. The fourth-order valence-electron chi connectivity index (χ4n) is 4.20. The van der Waals surface area contributed by atoms with Gasteiger partial charge in [0.15, 0.2) is 0 Å². The molecule has 0 aromatic heterocycles. The second-order valence-electron chi connectivity index (χ2n) is 8.69. The van der Waals surface area contributed by atoms with Crippen LogP contribution in [0.1, 0.15) is 78.6 Å². The van der Waals surface area contributed by atoms with Crippen molar-refractivity contribution >= 4 is 5.97 Å². The van der Waals surface area contributed by atoms with Gasteiger partial charge >= 0.3 is 5.97 Å². The molecule has 2 saturated heterocycles. The van der Waals surface area contributed by atoms with Crippen LogP contribution in [0.4, 0.5) is 0 Å². The predicted molar refractivity (Wildman–Crippen MR) is 104 cm³/mol. The molecule has 2 rings (SSSR count). The number of fused-ring (bicyclic) bond motifs is 2. The predicted octanol–water partition coefficient (Wildman–Crippen LogP) is 5.21. The zero-order valence-electron chi connectivity index (χ0n) is 16.9. The van der Waals surface area contributed by atoms with E-state index in [1.807, 2.05) is 0 Å². The quantitative estimate of drug-likeness (QED) is 0.359. The molecular weight excluding hydrogens is 328 g/mol. The molecule has 2 aliphatic rings. The molecule has 2 bridgehead atoms. The third-order valence-corrected chi connectivity index (χ3v) is 6.13. The van der Waals surface area contributed by atoms with Gasteiger partial charge in [0, 0.05) is 12.5 Å². The fraction of sp³-hybridized carbons (Fsp3) is 0.864. The van der Waals surface area contributed by atoms with Crippen LogP contribution >= 0.6 is 0 Å². The van der Waals surface area contributed by atoms with Gasteiger partial charge in [0.1, 0.15) is 0 Å². The summed E-state index contributed by atoms with van der Waals surface area (Å²) in [6.07, 6.45) is 15.1. The number of carboxylic acid groups (broad SMARTS) is 1. The smallest absolute Gasteiger partial charge is 0.309 e. The topological polar surface area (TPSA) is 55.8 Å². The Morgan fingerprint density at radius 2 is 1.88 bits per heavy atom. The molecule has 0 radical (unpaired) electrons. The molecule has 4 nitrogen and oxygen atoms in total. The number of unbranched alkanes of at least 4 members (excludes halogenated alkanes) is 3. The summed E-state index contributed by atoms with van der Waals surface area (Å²) in [5, 5.41) is 9.17. The van der Waals surface area contributed by atoms with Gasteiger partial charge in [-0.1, -0.05) is 38.3 Å². The average Bonchev–Trinajstić information content (AvgIpc) is 3.19. The minimum absolute atomic E-state index is 0.389. The summed E-state index contributed by atoms with van der Waals surface area (Å²) in [7, 11) is 0. The van der Waals surface area contributed by atoms with E-state index < -0.39 is 11.4 Å². The number of hydrogen-bond acceptors (Lipinski definition) is 3. The number of aliphatic carboxylic acids is 1. The molecule has 0 spiro atoms. The highest BCUT2D eigenvalue weighted by atomic mass is 16.5. The Hall–Kier alpha value is -0.870. The second kappa shape index (κ2) is 10.5. The standard InChI is InChI=1S/C22H38O4/c1-4-5-6-10-15-25-16-18-17(19-12-13-20(18)26-19)11-8-7-9-14-22(2,3)21(23)24/h7-8,17-20H,4-6,9-16H2,1-3H3,(H,23,24)/t17-,18+,19-,20+/m0/s1. The SMILES string of the molecule is CCCCCCOC[C@@H]1[C@H](CC=CCCC(C)(C)C(=O)O)[C@@H]2CC[C@H]1O2. The molecule has 0 amide bonds. The summed E-state index contributed by atoms with van der Waals surface area (Å²) < 4.78 is 12.1. The van der Waals surface area contributed by atoms with E-state index in [2.05, 4.69) is 19.1 Å². The number of ether oxygens (including phenoxy) is 2. The summed E-state index contributed by atoms with van der Waals surface area (Å²) in [5.41, 5.74) is -0.645. The van der Waals surface area contributed by atoms with E-state index in [0.717, 1.165) is 26.1 Å². The van der Waals surface area contributed by atoms with Crippen molar-refractivity contribution in [2.75, 3.05) is 13.2 Å². The molecule has 26 heavy (non-hydrogen) atoms. The van der Waals surface area contributed by atoms with Crippen LogP contribution in [0.3, 0.4) is 0 Å². The van der Waals surface area contributed by atoms with Gasteiger partial charge in [0.05, 0.1) is 24.2 Å². The Bertz CT molecular complexity index is 457. The van der Waals surface area contributed by atoms with Crippen LogP contribution in [0, 0.1) is 17.3 Å². The van der Waals surface area contributed by atoms with Crippen molar-refractivity contribution in [1.82, 2.24) is 0 Å². The molecule has 0 saturated carbocycles. The first-order valence-corrected chi connectivity index (χ1v) is 10.6. The van der Waals surface area contributed by atoms with Crippen LogP contribution in [0.15, 0.2) is 12.2 Å². The Morgan fingerprint density at radius 1 is 1.15 bits per heavy atom. The molecule has 0 aliphatic carbocycles. The van der Waals surface area contributed by atoms with Gasteiger partial charge in [0.25, 0.3) is 0 Å². The fourth-order valence-corrected chi connectivity index (χ4v) is 4.20. The summed E-state index contributed by atoms with van der Waals surface area (Å²) in [6, 6.07) is 0. The van der Waals surface area contributed by atoms with Gasteiger partial charge in [-0.15, -0.1) is 0 Å². The van der Waals surface area contributed by atoms with Gasteiger partial charge in [-0.05, 0) is 58.3 Å². The minimum atomic E-state index is -0.719. The first-order chi connectivity index (χ1) is 12.5. The number of allylic oxidation sites excluding steroid dienone is 2. The van der Waals surface area contributed by atoms with Crippen molar-refractivity contribution in [2.24, 2.45) is 17.3 Å². The van der Waals surface area contributed by atoms with Crippen molar-refractivity contribution in [3.63, 3.8) is 0 Å². The van der Waals surface area contributed by atoms with Crippen molar-refractivity contribution < 1.29 is 19.4 Å². The third-order valence-electron chi connectivity index (χ3n) is 6.13. The highest BCUT2D eigenvalue weighted by Gasteiger charge is 2.48.